The number of nitriles is 1. The number of halogens is 1. The molecule has 154 valence electrons. The van der Waals surface area contributed by atoms with Gasteiger partial charge in [-0.25, -0.2) is 9.97 Å². The molecule has 0 atom stereocenters. The van der Waals surface area contributed by atoms with Gasteiger partial charge < -0.3 is 10.6 Å². The highest BCUT2D eigenvalue weighted by molar-refractivity contribution is 8.06. The summed E-state index contributed by atoms with van der Waals surface area (Å²) in [5.41, 5.74) is 4.04. The maximum Gasteiger partial charge on any atom is 0.223 e. The minimum atomic E-state index is 0.529. The fourth-order valence-electron chi connectivity index (χ4n) is 3.81. The van der Waals surface area contributed by atoms with Crippen LogP contribution >= 0.6 is 23.4 Å². The molecule has 0 amide bonds. The first kappa shape index (κ1) is 20.8. The van der Waals surface area contributed by atoms with Gasteiger partial charge in [0.15, 0.2) is 0 Å². The van der Waals surface area contributed by atoms with E-state index in [0.29, 0.717) is 28.2 Å². The summed E-state index contributed by atoms with van der Waals surface area (Å²) in [5.74, 6) is 1.27. The molecule has 0 saturated heterocycles. The molecule has 7 heteroatoms. The standard InChI is InChI=1S/C23H24ClN5S/c1-15-12-26-23(27-13-16-5-3-2-4-6-16)29-21(15)19(11-25)22-28-20(14-30-22)17-7-9-18(24)10-8-17/h7-10,12,14,16,28H,2-6,13H2,1H3,(H,26,27,29)/b22-19+. The lowest BCUT2D eigenvalue weighted by Crippen LogP contribution is -2.18. The lowest BCUT2D eigenvalue weighted by atomic mass is 9.89. The van der Waals surface area contributed by atoms with Gasteiger partial charge in [-0.2, -0.15) is 5.26 Å². The van der Waals surface area contributed by atoms with E-state index in [2.05, 4.69) is 26.7 Å². The van der Waals surface area contributed by atoms with Crippen molar-refractivity contribution < 1.29 is 0 Å². The number of aryl methyl sites for hydroxylation is 1. The summed E-state index contributed by atoms with van der Waals surface area (Å²) in [4.78, 5) is 9.12. The van der Waals surface area contributed by atoms with E-state index < -0.39 is 0 Å². The van der Waals surface area contributed by atoms with Gasteiger partial charge in [-0.3, -0.25) is 0 Å². The lowest BCUT2D eigenvalue weighted by molar-refractivity contribution is 0.373. The molecule has 2 aliphatic rings. The first-order valence-corrected chi connectivity index (χ1v) is 11.5. The number of thioether (sulfide) groups is 1. The van der Waals surface area contributed by atoms with Crippen LogP contribution in [0.4, 0.5) is 5.95 Å². The van der Waals surface area contributed by atoms with E-state index in [0.717, 1.165) is 28.4 Å². The topological polar surface area (TPSA) is 73.6 Å². The molecule has 1 fully saturated rings. The molecule has 1 saturated carbocycles. The monoisotopic (exact) mass is 437 g/mol. The van der Waals surface area contributed by atoms with E-state index in [1.54, 1.807) is 6.20 Å². The van der Waals surface area contributed by atoms with E-state index in [-0.39, 0.29) is 0 Å². The number of aromatic nitrogens is 2. The molecule has 0 spiro atoms. The molecule has 30 heavy (non-hydrogen) atoms. The van der Waals surface area contributed by atoms with Gasteiger partial charge in [0.1, 0.15) is 11.6 Å². The Kier molecular flexibility index (Phi) is 6.61. The van der Waals surface area contributed by atoms with Crippen molar-refractivity contribution in [2.24, 2.45) is 5.92 Å². The fraction of sp³-hybridized carbons (Fsp3) is 0.348. The van der Waals surface area contributed by atoms with Crippen LogP contribution < -0.4 is 10.6 Å². The zero-order chi connectivity index (χ0) is 20.9. The lowest BCUT2D eigenvalue weighted by Gasteiger charge is -2.21. The van der Waals surface area contributed by atoms with Gasteiger partial charge in [-0.15, -0.1) is 0 Å². The molecular formula is C23H24ClN5S. The second kappa shape index (κ2) is 9.55. The highest BCUT2D eigenvalue weighted by atomic mass is 35.5. The van der Waals surface area contributed by atoms with Crippen molar-refractivity contribution in [3.63, 3.8) is 0 Å². The number of hydrogen-bond acceptors (Lipinski definition) is 6. The molecule has 0 bridgehead atoms. The molecule has 1 aromatic heterocycles. The van der Waals surface area contributed by atoms with Crippen LogP contribution in [-0.4, -0.2) is 16.5 Å². The third kappa shape index (κ3) is 4.80. The zero-order valence-corrected chi connectivity index (χ0v) is 18.5. The number of rotatable bonds is 5. The normalized spacial score (nSPS) is 18.4. The summed E-state index contributed by atoms with van der Waals surface area (Å²) >= 11 is 7.49. The highest BCUT2D eigenvalue weighted by Crippen LogP contribution is 2.35. The summed E-state index contributed by atoms with van der Waals surface area (Å²) in [7, 11) is 0. The van der Waals surface area contributed by atoms with Crippen molar-refractivity contribution in [2.45, 2.75) is 39.0 Å². The van der Waals surface area contributed by atoms with Gasteiger partial charge in [-0.05, 0) is 48.9 Å². The Morgan fingerprint density at radius 2 is 2.03 bits per heavy atom. The smallest absolute Gasteiger partial charge is 0.223 e. The molecule has 1 aliphatic carbocycles. The summed E-state index contributed by atoms with van der Waals surface area (Å²) in [6, 6.07) is 9.97. The number of benzene rings is 1. The molecule has 0 unspecified atom stereocenters. The molecular weight excluding hydrogens is 414 g/mol. The van der Waals surface area contributed by atoms with Crippen LogP contribution in [0.1, 0.15) is 48.9 Å². The van der Waals surface area contributed by atoms with Gasteiger partial charge in [-0.1, -0.05) is 54.8 Å². The Hall–Kier alpha value is -2.49. The SMILES string of the molecule is Cc1cnc(NCC2CCCCC2)nc1/C(C#N)=C1\NC(c2ccc(Cl)cc2)=CS1. The van der Waals surface area contributed by atoms with Gasteiger partial charge in [0, 0.05) is 23.2 Å². The predicted molar refractivity (Wildman–Crippen MR) is 125 cm³/mol. The minimum Gasteiger partial charge on any atom is -0.354 e. The quantitative estimate of drug-likeness (QED) is 0.562. The third-order valence-corrected chi connectivity index (χ3v) is 6.67. The largest absolute Gasteiger partial charge is 0.354 e. The van der Waals surface area contributed by atoms with E-state index >= 15 is 0 Å². The van der Waals surface area contributed by atoms with E-state index in [1.165, 1.54) is 43.9 Å². The molecule has 1 aromatic carbocycles. The Morgan fingerprint density at radius 1 is 1.27 bits per heavy atom. The third-order valence-electron chi connectivity index (χ3n) is 5.52. The Labute approximate surface area is 186 Å². The molecule has 4 rings (SSSR count). The second-order valence-corrected chi connectivity index (χ2v) is 9.02. The predicted octanol–water partition coefficient (Wildman–Crippen LogP) is 5.96. The van der Waals surface area contributed by atoms with E-state index in [4.69, 9.17) is 11.6 Å². The maximum absolute atomic E-state index is 9.90. The number of allylic oxidation sites excluding steroid dienone is 1. The molecule has 2 N–H and O–H groups in total. The Balaban J connectivity index is 1.52. The molecule has 5 nitrogen and oxygen atoms in total. The van der Waals surface area contributed by atoms with Crippen molar-refractivity contribution in [3.8, 4) is 6.07 Å². The van der Waals surface area contributed by atoms with Crippen LogP contribution in [0, 0.1) is 24.2 Å². The molecule has 2 aromatic rings. The van der Waals surface area contributed by atoms with Crippen LogP contribution in [0.2, 0.25) is 5.02 Å². The minimum absolute atomic E-state index is 0.529. The van der Waals surface area contributed by atoms with Crippen LogP contribution in [0.3, 0.4) is 0 Å². The first-order chi connectivity index (χ1) is 14.6. The van der Waals surface area contributed by atoms with Gasteiger partial charge in [0.25, 0.3) is 0 Å². The zero-order valence-electron chi connectivity index (χ0n) is 16.9. The van der Waals surface area contributed by atoms with Gasteiger partial charge in [0.2, 0.25) is 5.95 Å². The summed E-state index contributed by atoms with van der Waals surface area (Å²) < 4.78 is 0. The second-order valence-electron chi connectivity index (χ2n) is 7.71. The number of nitrogens with zero attached hydrogens (tertiary/aromatic N) is 3. The fourth-order valence-corrected chi connectivity index (χ4v) is 4.79. The van der Waals surface area contributed by atoms with Crippen LogP contribution in [0.25, 0.3) is 11.3 Å². The van der Waals surface area contributed by atoms with Crippen molar-refractivity contribution in [2.75, 3.05) is 11.9 Å². The van der Waals surface area contributed by atoms with Crippen LogP contribution in [0.5, 0.6) is 0 Å². The summed E-state index contributed by atoms with van der Waals surface area (Å²) in [5, 5.41) is 20.1. The van der Waals surface area contributed by atoms with Gasteiger partial charge in [0.05, 0.1) is 16.4 Å². The van der Waals surface area contributed by atoms with Gasteiger partial charge >= 0.3 is 0 Å². The average molecular weight is 438 g/mol. The van der Waals surface area contributed by atoms with Crippen LogP contribution in [-0.2, 0) is 0 Å². The number of hydrogen-bond donors (Lipinski definition) is 2. The average Bonchev–Trinajstić information content (AvgIpc) is 3.25. The summed E-state index contributed by atoms with van der Waals surface area (Å²) in [6.07, 6.45) is 8.28. The summed E-state index contributed by atoms with van der Waals surface area (Å²) in [6.45, 7) is 2.82. The molecule has 0 radical (unpaired) electrons. The van der Waals surface area contributed by atoms with E-state index in [1.807, 2.05) is 36.6 Å². The van der Waals surface area contributed by atoms with Crippen molar-refractivity contribution in [1.82, 2.24) is 15.3 Å². The van der Waals surface area contributed by atoms with Crippen molar-refractivity contribution in [3.05, 3.63) is 62.7 Å². The number of anilines is 1. The highest BCUT2D eigenvalue weighted by Gasteiger charge is 2.20. The molecule has 2 heterocycles. The van der Waals surface area contributed by atoms with Crippen molar-refractivity contribution >= 4 is 40.6 Å². The van der Waals surface area contributed by atoms with E-state index in [9.17, 15) is 5.26 Å². The van der Waals surface area contributed by atoms with Crippen molar-refractivity contribution in [1.29, 1.82) is 5.26 Å². The maximum atomic E-state index is 9.90. The number of nitrogens with one attached hydrogen (secondary N) is 2. The molecule has 1 aliphatic heterocycles. The first-order valence-electron chi connectivity index (χ1n) is 10.3. The van der Waals surface area contributed by atoms with Crippen LogP contribution in [0.15, 0.2) is 40.9 Å². The Morgan fingerprint density at radius 3 is 2.77 bits per heavy atom. The Bertz CT molecular complexity index is 1020.